The van der Waals surface area contributed by atoms with Crippen LogP contribution in [0.1, 0.15) is 32.7 Å². The molecule has 0 fully saturated rings. The third kappa shape index (κ3) is 5.36. The first-order valence-electron chi connectivity index (χ1n) is 7.81. The summed E-state index contributed by atoms with van der Waals surface area (Å²) in [6.07, 6.45) is 0.502. The molecule has 0 atom stereocenters. The Kier molecular flexibility index (Phi) is 6.59. The van der Waals surface area contributed by atoms with Crippen LogP contribution in [0.2, 0.25) is 0 Å². The smallest absolute Gasteiger partial charge is 0.251 e. The summed E-state index contributed by atoms with van der Waals surface area (Å²) in [4.78, 5) is 23.7. The van der Waals surface area contributed by atoms with Crippen LogP contribution in [0.15, 0.2) is 42.5 Å². The predicted octanol–water partition coefficient (Wildman–Crippen LogP) is 1.97. The molecule has 132 valence electrons. The highest BCUT2D eigenvalue weighted by Crippen LogP contribution is 2.08. The van der Waals surface area contributed by atoms with Gasteiger partial charge >= 0.3 is 0 Å². The highest BCUT2D eigenvalue weighted by molar-refractivity contribution is 5.94. The van der Waals surface area contributed by atoms with Crippen molar-refractivity contribution in [3.8, 4) is 0 Å². The Morgan fingerprint density at radius 2 is 1.40 bits per heavy atom. The maximum absolute atomic E-state index is 13.1. The molecule has 5 nitrogen and oxygen atoms in total. The second kappa shape index (κ2) is 8.89. The van der Waals surface area contributed by atoms with Crippen molar-refractivity contribution in [3.63, 3.8) is 0 Å². The van der Waals surface area contributed by atoms with E-state index in [2.05, 4.69) is 10.6 Å². The van der Waals surface area contributed by atoms with Crippen LogP contribution in [0.5, 0.6) is 0 Å². The van der Waals surface area contributed by atoms with Gasteiger partial charge in [-0.25, -0.2) is 8.78 Å². The van der Waals surface area contributed by atoms with E-state index in [9.17, 15) is 18.4 Å². The third-order valence-corrected chi connectivity index (χ3v) is 3.56. The lowest BCUT2D eigenvalue weighted by molar-refractivity contribution is 0.0951. The average Bonchev–Trinajstić information content (AvgIpc) is 2.63. The van der Waals surface area contributed by atoms with Gasteiger partial charge in [0.05, 0.1) is 0 Å². The average molecular weight is 347 g/mol. The van der Waals surface area contributed by atoms with E-state index in [4.69, 9.17) is 5.73 Å². The van der Waals surface area contributed by atoms with Gasteiger partial charge < -0.3 is 16.4 Å². The molecule has 0 unspecified atom stereocenters. The summed E-state index contributed by atoms with van der Waals surface area (Å²) in [6.45, 7) is 1.08. The Bertz CT molecular complexity index is 748. The van der Waals surface area contributed by atoms with Crippen molar-refractivity contribution in [3.05, 3.63) is 70.8 Å². The molecule has 4 N–H and O–H groups in total. The van der Waals surface area contributed by atoms with Gasteiger partial charge in [0.1, 0.15) is 0 Å². The van der Waals surface area contributed by atoms with E-state index in [1.807, 2.05) is 0 Å². The summed E-state index contributed by atoms with van der Waals surface area (Å²) in [5.41, 5.74) is 7.01. The van der Waals surface area contributed by atoms with E-state index in [1.54, 1.807) is 24.3 Å². The second-order valence-electron chi connectivity index (χ2n) is 5.40. The van der Waals surface area contributed by atoms with E-state index < -0.39 is 17.5 Å². The van der Waals surface area contributed by atoms with Crippen molar-refractivity contribution in [2.24, 2.45) is 5.73 Å². The largest absolute Gasteiger partial charge is 0.352 e. The van der Waals surface area contributed by atoms with E-state index in [0.717, 1.165) is 17.7 Å². The highest BCUT2D eigenvalue weighted by Gasteiger charge is 2.09. The molecule has 0 aliphatic carbocycles. The summed E-state index contributed by atoms with van der Waals surface area (Å²) in [7, 11) is 0. The first-order valence-corrected chi connectivity index (χ1v) is 7.81. The summed E-state index contributed by atoms with van der Waals surface area (Å²) in [5, 5.41) is 5.32. The van der Waals surface area contributed by atoms with Gasteiger partial charge in [0.2, 0.25) is 0 Å². The van der Waals surface area contributed by atoms with Crippen LogP contribution >= 0.6 is 0 Å². The number of rotatable bonds is 7. The SMILES string of the molecule is NCc1ccc(C(=O)NCCCNC(=O)c2ccc(F)c(F)c2)cc1. The molecule has 2 amide bonds. The fourth-order valence-electron chi connectivity index (χ4n) is 2.13. The Labute approximate surface area is 144 Å². The van der Waals surface area contributed by atoms with Crippen molar-refractivity contribution in [1.82, 2.24) is 10.6 Å². The van der Waals surface area contributed by atoms with Crippen LogP contribution in [0.4, 0.5) is 8.78 Å². The monoisotopic (exact) mass is 347 g/mol. The molecular weight excluding hydrogens is 328 g/mol. The maximum atomic E-state index is 13.1. The Morgan fingerprint density at radius 3 is 1.96 bits per heavy atom. The molecule has 0 bridgehead atoms. The molecule has 0 aliphatic rings. The number of benzene rings is 2. The van der Waals surface area contributed by atoms with Crippen LogP contribution in [0.25, 0.3) is 0 Å². The number of hydrogen-bond acceptors (Lipinski definition) is 3. The van der Waals surface area contributed by atoms with Crippen molar-refractivity contribution in [2.75, 3.05) is 13.1 Å². The van der Waals surface area contributed by atoms with Crippen LogP contribution < -0.4 is 16.4 Å². The molecule has 0 spiro atoms. The number of amides is 2. The zero-order chi connectivity index (χ0) is 18.2. The van der Waals surface area contributed by atoms with Crippen LogP contribution in [-0.4, -0.2) is 24.9 Å². The number of carbonyl (C=O) groups is 2. The minimum Gasteiger partial charge on any atom is -0.352 e. The van der Waals surface area contributed by atoms with Gasteiger partial charge in [-0.15, -0.1) is 0 Å². The van der Waals surface area contributed by atoms with Gasteiger partial charge in [-0.1, -0.05) is 12.1 Å². The van der Waals surface area contributed by atoms with Crippen molar-refractivity contribution in [2.45, 2.75) is 13.0 Å². The molecular formula is C18H19F2N3O2. The van der Waals surface area contributed by atoms with Crippen molar-refractivity contribution >= 4 is 11.8 Å². The lowest BCUT2D eigenvalue weighted by Gasteiger charge is -2.08. The maximum Gasteiger partial charge on any atom is 0.251 e. The van der Waals surface area contributed by atoms with Gasteiger partial charge in [0.25, 0.3) is 11.8 Å². The van der Waals surface area contributed by atoms with E-state index in [0.29, 0.717) is 31.6 Å². The number of halogens is 2. The van der Waals surface area contributed by atoms with E-state index in [-0.39, 0.29) is 11.5 Å². The fraction of sp³-hybridized carbons (Fsp3) is 0.222. The molecule has 0 saturated carbocycles. The first-order chi connectivity index (χ1) is 12.0. The summed E-state index contributed by atoms with van der Waals surface area (Å²) in [5.74, 6) is -2.78. The molecule has 0 saturated heterocycles. The normalized spacial score (nSPS) is 10.4. The standard InChI is InChI=1S/C18H19F2N3O2/c19-15-7-6-14(10-16(15)20)18(25)23-9-1-8-22-17(24)13-4-2-12(11-21)3-5-13/h2-7,10H,1,8-9,11,21H2,(H,22,24)(H,23,25). The molecule has 2 rings (SSSR count). The topological polar surface area (TPSA) is 84.2 Å². The summed E-state index contributed by atoms with van der Waals surface area (Å²) >= 11 is 0. The molecule has 7 heteroatoms. The second-order valence-corrected chi connectivity index (χ2v) is 5.40. The van der Waals surface area contributed by atoms with Gasteiger partial charge in [-0.05, 0) is 42.3 Å². The van der Waals surface area contributed by atoms with Crippen LogP contribution in [-0.2, 0) is 6.54 Å². The van der Waals surface area contributed by atoms with Crippen molar-refractivity contribution in [1.29, 1.82) is 0 Å². The number of nitrogens with one attached hydrogen (secondary N) is 2. The number of carbonyl (C=O) groups excluding carboxylic acids is 2. The third-order valence-electron chi connectivity index (χ3n) is 3.56. The van der Waals surface area contributed by atoms with Gasteiger partial charge in [-0.2, -0.15) is 0 Å². The quantitative estimate of drug-likeness (QED) is 0.670. The summed E-state index contributed by atoms with van der Waals surface area (Å²) in [6, 6.07) is 9.93. The lowest BCUT2D eigenvalue weighted by atomic mass is 10.1. The zero-order valence-electron chi connectivity index (χ0n) is 13.5. The highest BCUT2D eigenvalue weighted by atomic mass is 19.2. The van der Waals surface area contributed by atoms with E-state index in [1.165, 1.54) is 6.07 Å². The molecule has 2 aromatic carbocycles. The van der Waals surface area contributed by atoms with E-state index >= 15 is 0 Å². The minimum absolute atomic E-state index is 0.0444. The molecule has 25 heavy (non-hydrogen) atoms. The molecule has 0 radical (unpaired) electrons. The molecule has 0 aliphatic heterocycles. The Balaban J connectivity index is 1.70. The van der Waals surface area contributed by atoms with Crippen molar-refractivity contribution < 1.29 is 18.4 Å². The summed E-state index contributed by atoms with van der Waals surface area (Å²) < 4.78 is 25.9. The van der Waals surface area contributed by atoms with Crippen LogP contribution in [0.3, 0.4) is 0 Å². The van der Waals surface area contributed by atoms with Gasteiger partial charge in [0, 0.05) is 30.8 Å². The lowest BCUT2D eigenvalue weighted by Crippen LogP contribution is -2.30. The Hall–Kier alpha value is -2.80. The van der Waals surface area contributed by atoms with Gasteiger partial charge in [0.15, 0.2) is 11.6 Å². The predicted molar refractivity (Wildman–Crippen MR) is 90.0 cm³/mol. The van der Waals surface area contributed by atoms with Gasteiger partial charge in [-0.3, -0.25) is 9.59 Å². The van der Waals surface area contributed by atoms with Crippen LogP contribution in [0, 0.1) is 11.6 Å². The first kappa shape index (κ1) is 18.5. The Morgan fingerprint density at radius 1 is 0.840 bits per heavy atom. The number of nitrogens with two attached hydrogens (primary N) is 1. The zero-order valence-corrected chi connectivity index (χ0v) is 13.5. The fourth-order valence-corrected chi connectivity index (χ4v) is 2.13. The number of hydrogen-bond donors (Lipinski definition) is 3. The minimum atomic E-state index is -1.07. The molecule has 0 aromatic heterocycles. The molecule has 2 aromatic rings. The molecule has 0 heterocycles.